The number of unbranched alkanes of at least 4 members (excludes halogenated alkanes) is 1. The maximum absolute atomic E-state index is 5.41. The van der Waals surface area contributed by atoms with E-state index < -0.39 is 0 Å². The van der Waals surface area contributed by atoms with Gasteiger partial charge in [-0.05, 0) is 43.5 Å². The molecular formula is C10H14BrN. The van der Waals surface area contributed by atoms with Gasteiger partial charge in [0.25, 0.3) is 0 Å². The van der Waals surface area contributed by atoms with Crippen molar-refractivity contribution in [1.82, 2.24) is 0 Å². The van der Waals surface area contributed by atoms with Gasteiger partial charge in [-0.2, -0.15) is 0 Å². The van der Waals surface area contributed by atoms with E-state index in [1.807, 2.05) is 0 Å². The van der Waals surface area contributed by atoms with Crippen LogP contribution in [-0.2, 0) is 6.42 Å². The third kappa shape index (κ3) is 3.37. The summed E-state index contributed by atoms with van der Waals surface area (Å²) in [5, 5.41) is 0. The second kappa shape index (κ2) is 5.33. The van der Waals surface area contributed by atoms with E-state index in [2.05, 4.69) is 40.2 Å². The van der Waals surface area contributed by atoms with Gasteiger partial charge in [0.2, 0.25) is 0 Å². The van der Waals surface area contributed by atoms with Crippen molar-refractivity contribution < 1.29 is 0 Å². The number of aryl methyl sites for hydroxylation is 1. The van der Waals surface area contributed by atoms with Gasteiger partial charge < -0.3 is 5.73 Å². The Balaban J connectivity index is 2.37. The summed E-state index contributed by atoms with van der Waals surface area (Å²) >= 11 is 3.41. The Bertz CT molecular complexity index is 218. The minimum atomic E-state index is 0.802. The van der Waals surface area contributed by atoms with E-state index in [-0.39, 0.29) is 0 Å². The first kappa shape index (κ1) is 9.75. The van der Waals surface area contributed by atoms with Crippen molar-refractivity contribution in [1.29, 1.82) is 0 Å². The number of nitrogens with two attached hydrogens (primary N) is 1. The Morgan fingerprint density at radius 3 is 2.33 bits per heavy atom. The van der Waals surface area contributed by atoms with Gasteiger partial charge in [-0.15, -0.1) is 0 Å². The summed E-state index contributed by atoms with van der Waals surface area (Å²) in [5.41, 5.74) is 6.80. The molecule has 66 valence electrons. The predicted octanol–water partition coefficient (Wildman–Crippen LogP) is 2.73. The Kier molecular flexibility index (Phi) is 4.33. The summed E-state index contributed by atoms with van der Waals surface area (Å²) in [6.07, 6.45) is 3.46. The molecule has 0 aromatic heterocycles. The molecule has 1 aromatic rings. The van der Waals surface area contributed by atoms with Crippen LogP contribution in [0.3, 0.4) is 0 Å². The number of hydrogen-bond donors (Lipinski definition) is 1. The molecule has 0 heterocycles. The Hall–Kier alpha value is -0.340. The van der Waals surface area contributed by atoms with E-state index in [1.54, 1.807) is 0 Å². The number of halogens is 1. The zero-order valence-corrected chi connectivity index (χ0v) is 8.68. The normalized spacial score (nSPS) is 10.2. The topological polar surface area (TPSA) is 26.0 Å². The largest absolute Gasteiger partial charge is 0.330 e. The van der Waals surface area contributed by atoms with E-state index in [0.717, 1.165) is 23.9 Å². The van der Waals surface area contributed by atoms with Crippen LogP contribution in [0.1, 0.15) is 18.4 Å². The minimum Gasteiger partial charge on any atom is -0.330 e. The lowest BCUT2D eigenvalue weighted by Gasteiger charge is -1.99. The van der Waals surface area contributed by atoms with Crippen molar-refractivity contribution in [3.8, 4) is 0 Å². The molecule has 0 spiro atoms. The second-order valence-corrected chi connectivity index (χ2v) is 3.79. The molecule has 0 aliphatic rings. The highest BCUT2D eigenvalue weighted by Gasteiger charge is 1.92. The molecule has 0 fully saturated rings. The highest BCUT2D eigenvalue weighted by atomic mass is 79.9. The smallest absolute Gasteiger partial charge is 0.0175 e. The van der Waals surface area contributed by atoms with Crippen LogP contribution >= 0.6 is 15.9 Å². The minimum absolute atomic E-state index is 0.802. The average molecular weight is 228 g/mol. The van der Waals surface area contributed by atoms with E-state index in [4.69, 9.17) is 5.73 Å². The summed E-state index contributed by atoms with van der Waals surface area (Å²) in [6.45, 7) is 0.802. The molecule has 1 aromatic carbocycles. The molecule has 0 atom stereocenters. The third-order valence-electron chi connectivity index (χ3n) is 1.83. The zero-order valence-electron chi connectivity index (χ0n) is 7.09. The molecule has 0 aliphatic heterocycles. The molecule has 0 aliphatic carbocycles. The molecule has 2 N–H and O–H groups in total. The Morgan fingerprint density at radius 2 is 1.75 bits per heavy atom. The van der Waals surface area contributed by atoms with Gasteiger partial charge in [0.15, 0.2) is 0 Å². The fourth-order valence-electron chi connectivity index (χ4n) is 1.12. The third-order valence-corrected chi connectivity index (χ3v) is 2.36. The van der Waals surface area contributed by atoms with E-state index in [9.17, 15) is 0 Å². The van der Waals surface area contributed by atoms with Crippen molar-refractivity contribution >= 4 is 15.9 Å². The second-order valence-electron chi connectivity index (χ2n) is 2.87. The molecule has 0 amide bonds. The van der Waals surface area contributed by atoms with Crippen LogP contribution in [-0.4, -0.2) is 6.54 Å². The van der Waals surface area contributed by atoms with Gasteiger partial charge in [-0.1, -0.05) is 28.1 Å². The SMILES string of the molecule is NCCCCc1ccc(Br)cc1. The fraction of sp³-hybridized carbons (Fsp3) is 0.400. The molecule has 0 saturated carbocycles. The highest BCUT2D eigenvalue weighted by molar-refractivity contribution is 9.10. The van der Waals surface area contributed by atoms with Crippen molar-refractivity contribution in [3.05, 3.63) is 34.3 Å². The molecule has 0 radical (unpaired) electrons. The van der Waals surface area contributed by atoms with Crippen molar-refractivity contribution in [3.63, 3.8) is 0 Å². The van der Waals surface area contributed by atoms with E-state index in [0.29, 0.717) is 0 Å². The summed E-state index contributed by atoms with van der Waals surface area (Å²) in [5.74, 6) is 0. The molecule has 0 saturated heterocycles. The molecule has 1 nitrogen and oxygen atoms in total. The number of benzene rings is 1. The standard InChI is InChI=1S/C10H14BrN/c11-10-6-4-9(5-7-10)3-1-2-8-12/h4-7H,1-3,8,12H2. The van der Waals surface area contributed by atoms with Crippen LogP contribution in [0.15, 0.2) is 28.7 Å². The summed E-state index contributed by atoms with van der Waals surface area (Å²) in [4.78, 5) is 0. The monoisotopic (exact) mass is 227 g/mol. The maximum atomic E-state index is 5.41. The first-order valence-electron chi connectivity index (χ1n) is 4.27. The Labute approximate surface area is 82.1 Å². The lowest BCUT2D eigenvalue weighted by molar-refractivity contribution is 0.745. The average Bonchev–Trinajstić information content (AvgIpc) is 2.09. The van der Waals surface area contributed by atoms with Gasteiger partial charge >= 0.3 is 0 Å². The van der Waals surface area contributed by atoms with Crippen LogP contribution in [0.25, 0.3) is 0 Å². The molecule has 2 heteroatoms. The highest BCUT2D eigenvalue weighted by Crippen LogP contribution is 2.11. The van der Waals surface area contributed by atoms with Crippen molar-refractivity contribution in [2.24, 2.45) is 5.73 Å². The van der Waals surface area contributed by atoms with Gasteiger partial charge in [0.1, 0.15) is 0 Å². The molecule has 1 rings (SSSR count). The number of hydrogen-bond acceptors (Lipinski definition) is 1. The summed E-state index contributed by atoms with van der Waals surface area (Å²) in [7, 11) is 0. The zero-order chi connectivity index (χ0) is 8.81. The van der Waals surface area contributed by atoms with Gasteiger partial charge in [0.05, 0.1) is 0 Å². The molecule has 0 unspecified atom stereocenters. The molecule has 12 heavy (non-hydrogen) atoms. The van der Waals surface area contributed by atoms with Crippen LogP contribution in [0.4, 0.5) is 0 Å². The van der Waals surface area contributed by atoms with Crippen molar-refractivity contribution in [2.75, 3.05) is 6.54 Å². The van der Waals surface area contributed by atoms with Gasteiger partial charge in [-0.25, -0.2) is 0 Å². The lowest BCUT2D eigenvalue weighted by atomic mass is 10.1. The maximum Gasteiger partial charge on any atom is 0.0175 e. The predicted molar refractivity (Wildman–Crippen MR) is 56.1 cm³/mol. The molecular weight excluding hydrogens is 214 g/mol. The first-order chi connectivity index (χ1) is 5.83. The van der Waals surface area contributed by atoms with Gasteiger partial charge in [0, 0.05) is 4.47 Å². The Morgan fingerprint density at radius 1 is 1.08 bits per heavy atom. The first-order valence-corrected chi connectivity index (χ1v) is 5.07. The molecule has 0 bridgehead atoms. The lowest BCUT2D eigenvalue weighted by Crippen LogP contribution is -1.98. The van der Waals surface area contributed by atoms with Crippen molar-refractivity contribution in [2.45, 2.75) is 19.3 Å². The van der Waals surface area contributed by atoms with Crippen LogP contribution in [0.2, 0.25) is 0 Å². The quantitative estimate of drug-likeness (QED) is 0.788. The fourth-order valence-corrected chi connectivity index (χ4v) is 1.39. The van der Waals surface area contributed by atoms with E-state index in [1.165, 1.54) is 12.0 Å². The summed E-state index contributed by atoms with van der Waals surface area (Å²) in [6, 6.07) is 8.47. The summed E-state index contributed by atoms with van der Waals surface area (Å²) < 4.78 is 1.14. The van der Waals surface area contributed by atoms with E-state index >= 15 is 0 Å². The van der Waals surface area contributed by atoms with Crippen LogP contribution in [0, 0.1) is 0 Å². The number of rotatable bonds is 4. The van der Waals surface area contributed by atoms with Crippen LogP contribution in [0.5, 0.6) is 0 Å². The van der Waals surface area contributed by atoms with Gasteiger partial charge in [-0.3, -0.25) is 0 Å². The van der Waals surface area contributed by atoms with Crippen LogP contribution < -0.4 is 5.73 Å².